The van der Waals surface area contributed by atoms with Gasteiger partial charge in [-0.25, -0.2) is 8.42 Å². The van der Waals surface area contributed by atoms with E-state index in [1.807, 2.05) is 44.2 Å². The highest BCUT2D eigenvalue weighted by molar-refractivity contribution is 7.89. The summed E-state index contributed by atoms with van der Waals surface area (Å²) in [5.74, 6) is 0.322. The molecule has 3 rings (SSSR count). The highest BCUT2D eigenvalue weighted by Gasteiger charge is 2.31. The molecule has 0 aliphatic carbocycles. The molecule has 0 spiro atoms. The van der Waals surface area contributed by atoms with Crippen LogP contribution in [0.25, 0.3) is 0 Å². The van der Waals surface area contributed by atoms with Crippen LogP contribution in [-0.4, -0.2) is 51.4 Å². The molecule has 162 valence electrons. The molecule has 7 heteroatoms. The lowest BCUT2D eigenvalue weighted by atomic mass is 10.0. The van der Waals surface area contributed by atoms with Gasteiger partial charge in [0.2, 0.25) is 10.0 Å². The Labute approximate surface area is 179 Å². The van der Waals surface area contributed by atoms with Crippen LogP contribution in [0.4, 0.5) is 5.69 Å². The summed E-state index contributed by atoms with van der Waals surface area (Å²) in [7, 11) is -3.50. The highest BCUT2D eigenvalue weighted by atomic mass is 32.2. The topological polar surface area (TPSA) is 70.9 Å². The number of anilines is 1. The van der Waals surface area contributed by atoms with Gasteiger partial charge >= 0.3 is 0 Å². The molecule has 0 bridgehead atoms. The second kappa shape index (κ2) is 9.29. The SMILES string of the molecule is Cc1ccc(C)c(NC(=O)C[NH+]2CCN(S(=O)(=O)c3ccc(C(C)C)cc3)CC2)c1. The van der Waals surface area contributed by atoms with Crippen molar-refractivity contribution in [3.05, 3.63) is 59.2 Å². The Hall–Kier alpha value is -2.22. The summed E-state index contributed by atoms with van der Waals surface area (Å²) >= 11 is 0. The zero-order chi connectivity index (χ0) is 21.9. The maximum Gasteiger partial charge on any atom is 0.279 e. The van der Waals surface area contributed by atoms with Crippen molar-refractivity contribution in [2.24, 2.45) is 0 Å². The van der Waals surface area contributed by atoms with Gasteiger partial charge in [0.1, 0.15) is 0 Å². The smallest absolute Gasteiger partial charge is 0.279 e. The second-order valence-electron chi connectivity index (χ2n) is 8.42. The van der Waals surface area contributed by atoms with E-state index in [0.29, 0.717) is 43.5 Å². The molecule has 1 heterocycles. The largest absolute Gasteiger partial charge is 0.325 e. The van der Waals surface area contributed by atoms with Gasteiger partial charge in [0, 0.05) is 5.69 Å². The number of nitrogens with zero attached hydrogens (tertiary/aromatic N) is 1. The minimum Gasteiger partial charge on any atom is -0.325 e. The molecule has 1 aliphatic heterocycles. The van der Waals surface area contributed by atoms with Gasteiger partial charge in [-0.1, -0.05) is 38.1 Å². The lowest BCUT2D eigenvalue weighted by Gasteiger charge is -2.31. The van der Waals surface area contributed by atoms with E-state index in [9.17, 15) is 13.2 Å². The summed E-state index contributed by atoms with van der Waals surface area (Å²) in [4.78, 5) is 13.9. The fraction of sp³-hybridized carbons (Fsp3) is 0.435. The minimum absolute atomic E-state index is 0.0423. The first-order valence-corrected chi connectivity index (χ1v) is 11.9. The van der Waals surface area contributed by atoms with Crippen LogP contribution in [-0.2, 0) is 14.8 Å². The Kier molecular flexibility index (Phi) is 6.95. The van der Waals surface area contributed by atoms with E-state index >= 15 is 0 Å². The number of carbonyl (C=O) groups is 1. The Morgan fingerprint density at radius 3 is 2.30 bits per heavy atom. The fourth-order valence-corrected chi connectivity index (χ4v) is 5.13. The predicted octanol–water partition coefficient (Wildman–Crippen LogP) is 1.95. The Bertz CT molecular complexity index is 993. The third kappa shape index (κ3) is 5.28. The third-order valence-corrected chi connectivity index (χ3v) is 7.60. The van der Waals surface area contributed by atoms with Crippen molar-refractivity contribution in [1.82, 2.24) is 4.31 Å². The Morgan fingerprint density at radius 2 is 1.70 bits per heavy atom. The molecule has 2 N–H and O–H groups in total. The van der Waals surface area contributed by atoms with Crippen molar-refractivity contribution in [3.8, 4) is 0 Å². The molecular formula is C23H32N3O3S+. The van der Waals surface area contributed by atoms with Crippen LogP contribution in [0.1, 0.15) is 36.5 Å². The minimum atomic E-state index is -3.50. The first kappa shape index (κ1) is 22.5. The number of aryl methyl sites for hydroxylation is 2. The van der Waals surface area contributed by atoms with Gasteiger partial charge in [0.25, 0.3) is 5.91 Å². The molecule has 0 atom stereocenters. The highest BCUT2D eigenvalue weighted by Crippen LogP contribution is 2.20. The van der Waals surface area contributed by atoms with E-state index in [4.69, 9.17) is 0 Å². The van der Waals surface area contributed by atoms with Crippen molar-refractivity contribution in [2.75, 3.05) is 38.0 Å². The van der Waals surface area contributed by atoms with Crippen molar-refractivity contribution in [2.45, 2.75) is 38.5 Å². The number of rotatable bonds is 6. The predicted molar refractivity (Wildman–Crippen MR) is 119 cm³/mol. The van der Waals surface area contributed by atoms with Gasteiger partial charge < -0.3 is 10.2 Å². The molecule has 2 aromatic rings. The molecule has 6 nitrogen and oxygen atoms in total. The van der Waals surface area contributed by atoms with E-state index in [0.717, 1.165) is 27.3 Å². The Morgan fingerprint density at radius 1 is 1.07 bits per heavy atom. The number of benzene rings is 2. The molecule has 0 unspecified atom stereocenters. The third-order valence-electron chi connectivity index (χ3n) is 5.69. The zero-order valence-corrected chi connectivity index (χ0v) is 19.1. The number of amides is 1. The molecule has 0 aromatic heterocycles. The van der Waals surface area contributed by atoms with Crippen LogP contribution < -0.4 is 10.2 Å². The maximum absolute atomic E-state index is 12.9. The Balaban J connectivity index is 1.56. The summed E-state index contributed by atoms with van der Waals surface area (Å²) < 4.78 is 27.4. The van der Waals surface area contributed by atoms with E-state index < -0.39 is 10.0 Å². The second-order valence-corrected chi connectivity index (χ2v) is 10.4. The molecular weight excluding hydrogens is 398 g/mol. The van der Waals surface area contributed by atoms with E-state index in [1.165, 1.54) is 4.31 Å². The quantitative estimate of drug-likeness (QED) is 0.736. The normalized spacial score (nSPS) is 16.0. The number of nitrogens with one attached hydrogen (secondary N) is 2. The van der Waals surface area contributed by atoms with Crippen LogP contribution in [0.3, 0.4) is 0 Å². The molecule has 0 radical (unpaired) electrons. The molecule has 1 fully saturated rings. The lowest BCUT2D eigenvalue weighted by Crippen LogP contribution is -3.15. The average Bonchev–Trinajstić information content (AvgIpc) is 2.71. The fourth-order valence-electron chi connectivity index (χ4n) is 3.69. The summed E-state index contributed by atoms with van der Waals surface area (Å²) in [6.07, 6.45) is 0. The first-order valence-electron chi connectivity index (χ1n) is 10.5. The first-order chi connectivity index (χ1) is 14.2. The van der Waals surface area contributed by atoms with Crippen molar-refractivity contribution in [3.63, 3.8) is 0 Å². The lowest BCUT2D eigenvalue weighted by molar-refractivity contribution is -0.895. The van der Waals surface area contributed by atoms with Crippen molar-refractivity contribution in [1.29, 1.82) is 0 Å². The number of carbonyl (C=O) groups excluding carboxylic acids is 1. The number of quaternary nitrogens is 1. The van der Waals surface area contributed by atoms with Gasteiger partial charge in [0.05, 0.1) is 31.1 Å². The summed E-state index contributed by atoms with van der Waals surface area (Å²) in [5.41, 5.74) is 4.09. The summed E-state index contributed by atoms with van der Waals surface area (Å²) in [6, 6.07) is 13.1. The van der Waals surface area contributed by atoms with Gasteiger partial charge in [-0.3, -0.25) is 4.79 Å². The number of piperazine rings is 1. The molecule has 1 saturated heterocycles. The molecule has 1 aliphatic rings. The van der Waals surface area contributed by atoms with Crippen molar-refractivity contribution >= 4 is 21.6 Å². The van der Waals surface area contributed by atoms with E-state index in [-0.39, 0.29) is 5.91 Å². The summed E-state index contributed by atoms with van der Waals surface area (Å²) in [6.45, 7) is 10.5. The number of hydrogen-bond acceptors (Lipinski definition) is 3. The monoisotopic (exact) mass is 430 g/mol. The maximum atomic E-state index is 12.9. The number of sulfonamides is 1. The molecule has 1 amide bonds. The molecule has 30 heavy (non-hydrogen) atoms. The van der Waals surface area contributed by atoms with Gasteiger partial charge in [-0.2, -0.15) is 4.31 Å². The van der Waals surface area contributed by atoms with Gasteiger partial charge in [0.15, 0.2) is 6.54 Å². The molecule has 0 saturated carbocycles. The molecule has 2 aromatic carbocycles. The van der Waals surface area contributed by atoms with Crippen LogP contribution in [0.5, 0.6) is 0 Å². The van der Waals surface area contributed by atoms with Gasteiger partial charge in [-0.15, -0.1) is 0 Å². The van der Waals surface area contributed by atoms with Crippen LogP contribution in [0.15, 0.2) is 47.4 Å². The van der Waals surface area contributed by atoms with Crippen LogP contribution >= 0.6 is 0 Å². The van der Waals surface area contributed by atoms with E-state index in [2.05, 4.69) is 19.2 Å². The van der Waals surface area contributed by atoms with Crippen LogP contribution in [0, 0.1) is 13.8 Å². The van der Waals surface area contributed by atoms with Crippen LogP contribution in [0.2, 0.25) is 0 Å². The average molecular weight is 431 g/mol. The van der Waals surface area contributed by atoms with E-state index in [1.54, 1.807) is 12.1 Å². The number of hydrogen-bond donors (Lipinski definition) is 2. The van der Waals surface area contributed by atoms with Crippen molar-refractivity contribution < 1.29 is 18.1 Å². The zero-order valence-electron chi connectivity index (χ0n) is 18.2. The van der Waals surface area contributed by atoms with Gasteiger partial charge in [-0.05, 0) is 54.7 Å². The summed E-state index contributed by atoms with van der Waals surface area (Å²) in [5, 5.41) is 2.99. The standard InChI is InChI=1S/C23H31N3O3S/c1-17(2)20-7-9-21(10-8-20)30(28,29)26-13-11-25(12-14-26)16-23(27)24-22-15-18(3)5-6-19(22)4/h5-10,15,17H,11-14,16H2,1-4H3,(H,24,27)/p+1.